The maximum absolute atomic E-state index is 12.6. The van der Waals surface area contributed by atoms with Gasteiger partial charge in [0.1, 0.15) is 11.5 Å². The first-order valence-electron chi connectivity index (χ1n) is 9.55. The molecule has 0 N–H and O–H groups in total. The van der Waals surface area contributed by atoms with Crippen LogP contribution in [0.4, 0.5) is 0 Å². The average Bonchev–Trinajstić information content (AvgIpc) is 3.42. The number of rotatable bonds is 5. The van der Waals surface area contributed by atoms with Gasteiger partial charge in [-0.3, -0.25) is 14.7 Å². The number of furan rings is 1. The van der Waals surface area contributed by atoms with E-state index in [2.05, 4.69) is 9.88 Å². The molecule has 0 aliphatic carbocycles. The molecule has 150 valence electrons. The summed E-state index contributed by atoms with van der Waals surface area (Å²) in [7, 11) is -3.52. The number of carbonyl (C=O) groups is 1. The summed E-state index contributed by atoms with van der Waals surface area (Å²) in [6, 6.07) is 8.59. The Bertz CT molecular complexity index is 914. The zero-order chi connectivity index (χ0) is 19.6. The Labute approximate surface area is 164 Å². The third-order valence-corrected chi connectivity index (χ3v) is 6.99. The normalized spacial score (nSPS) is 19.2. The van der Waals surface area contributed by atoms with Crippen LogP contribution in [0.5, 0.6) is 0 Å². The van der Waals surface area contributed by atoms with Crippen LogP contribution < -0.4 is 0 Å². The van der Waals surface area contributed by atoms with Crippen molar-refractivity contribution in [1.29, 1.82) is 0 Å². The highest BCUT2D eigenvalue weighted by atomic mass is 32.2. The standard InChI is InChI=1S/C19H24N4O4S/c24-19(17-5-1-2-8-20-17)22-13-11-21(12-14-22)15-16-6-7-18(27-16)28(25,26)23-9-3-4-10-23/h1-2,5-8H,3-4,9-15H2. The zero-order valence-electron chi connectivity index (χ0n) is 15.7. The molecule has 1 amide bonds. The minimum atomic E-state index is -3.52. The van der Waals surface area contributed by atoms with E-state index in [4.69, 9.17) is 4.42 Å². The van der Waals surface area contributed by atoms with Crippen molar-refractivity contribution in [3.8, 4) is 0 Å². The lowest BCUT2D eigenvalue weighted by molar-refractivity contribution is 0.0613. The molecule has 28 heavy (non-hydrogen) atoms. The Morgan fingerprint density at radius 2 is 1.75 bits per heavy atom. The van der Waals surface area contributed by atoms with Gasteiger partial charge in [0, 0.05) is 45.5 Å². The molecular formula is C19H24N4O4S. The summed E-state index contributed by atoms with van der Waals surface area (Å²) in [6.45, 7) is 4.27. The first kappa shape index (κ1) is 19.1. The number of hydrogen-bond acceptors (Lipinski definition) is 6. The van der Waals surface area contributed by atoms with Crippen molar-refractivity contribution < 1.29 is 17.6 Å². The minimum Gasteiger partial charge on any atom is -0.447 e. The maximum Gasteiger partial charge on any atom is 0.276 e. The Morgan fingerprint density at radius 1 is 1.00 bits per heavy atom. The fourth-order valence-corrected chi connectivity index (χ4v) is 5.06. The van der Waals surface area contributed by atoms with Crippen LogP contribution in [0.15, 0.2) is 46.0 Å². The van der Waals surface area contributed by atoms with Gasteiger partial charge >= 0.3 is 0 Å². The molecule has 2 fully saturated rings. The Balaban J connectivity index is 1.33. The van der Waals surface area contributed by atoms with Gasteiger partial charge in [0.2, 0.25) is 5.09 Å². The molecule has 0 bridgehead atoms. The number of amides is 1. The molecule has 2 saturated heterocycles. The number of nitrogens with zero attached hydrogens (tertiary/aromatic N) is 4. The van der Waals surface area contributed by atoms with Gasteiger partial charge < -0.3 is 9.32 Å². The highest BCUT2D eigenvalue weighted by Gasteiger charge is 2.30. The lowest BCUT2D eigenvalue weighted by Crippen LogP contribution is -2.48. The molecule has 4 heterocycles. The van der Waals surface area contributed by atoms with E-state index in [1.54, 1.807) is 41.4 Å². The first-order chi connectivity index (χ1) is 13.5. The van der Waals surface area contributed by atoms with Crippen molar-refractivity contribution in [2.75, 3.05) is 39.3 Å². The van der Waals surface area contributed by atoms with Gasteiger partial charge in [-0.15, -0.1) is 0 Å². The molecule has 0 radical (unpaired) electrons. The van der Waals surface area contributed by atoms with Gasteiger partial charge in [-0.25, -0.2) is 8.42 Å². The summed E-state index contributed by atoms with van der Waals surface area (Å²) >= 11 is 0. The molecule has 2 aromatic heterocycles. The molecule has 2 aliphatic heterocycles. The third-order valence-electron chi connectivity index (χ3n) is 5.22. The summed E-state index contributed by atoms with van der Waals surface area (Å²) in [4.78, 5) is 20.5. The Kier molecular flexibility index (Phi) is 5.47. The average molecular weight is 404 g/mol. The van der Waals surface area contributed by atoms with E-state index in [-0.39, 0.29) is 11.0 Å². The highest BCUT2D eigenvalue weighted by molar-refractivity contribution is 7.89. The van der Waals surface area contributed by atoms with Crippen LogP contribution in [0.25, 0.3) is 0 Å². The molecule has 0 saturated carbocycles. The van der Waals surface area contributed by atoms with Crippen molar-refractivity contribution in [3.05, 3.63) is 48.0 Å². The lowest BCUT2D eigenvalue weighted by atomic mass is 10.2. The van der Waals surface area contributed by atoms with E-state index < -0.39 is 10.0 Å². The molecule has 2 aromatic rings. The monoisotopic (exact) mass is 404 g/mol. The molecule has 0 aromatic carbocycles. The summed E-state index contributed by atoms with van der Waals surface area (Å²) < 4.78 is 32.3. The molecule has 9 heteroatoms. The van der Waals surface area contributed by atoms with Crippen LogP contribution in [0, 0.1) is 0 Å². The molecular weight excluding hydrogens is 380 g/mol. The van der Waals surface area contributed by atoms with Gasteiger partial charge in [-0.05, 0) is 37.1 Å². The topological polar surface area (TPSA) is 87.0 Å². The zero-order valence-corrected chi connectivity index (χ0v) is 16.5. The van der Waals surface area contributed by atoms with E-state index in [9.17, 15) is 13.2 Å². The van der Waals surface area contributed by atoms with E-state index in [1.165, 1.54) is 4.31 Å². The van der Waals surface area contributed by atoms with Crippen molar-refractivity contribution in [2.45, 2.75) is 24.5 Å². The van der Waals surface area contributed by atoms with E-state index in [0.29, 0.717) is 57.3 Å². The van der Waals surface area contributed by atoms with Crippen LogP contribution in [-0.4, -0.2) is 72.7 Å². The largest absolute Gasteiger partial charge is 0.447 e. The van der Waals surface area contributed by atoms with Crippen molar-refractivity contribution >= 4 is 15.9 Å². The number of carbonyl (C=O) groups excluding carboxylic acids is 1. The van der Waals surface area contributed by atoms with Crippen LogP contribution in [0.2, 0.25) is 0 Å². The predicted octanol–water partition coefficient (Wildman–Crippen LogP) is 1.42. The van der Waals surface area contributed by atoms with Crippen LogP contribution in [0.1, 0.15) is 29.1 Å². The fraction of sp³-hybridized carbons (Fsp3) is 0.474. The molecule has 4 rings (SSSR count). The summed E-state index contributed by atoms with van der Waals surface area (Å²) in [6.07, 6.45) is 3.41. The SMILES string of the molecule is O=C(c1ccccn1)N1CCN(Cc2ccc(S(=O)(=O)N3CCCC3)o2)CC1. The lowest BCUT2D eigenvalue weighted by Gasteiger charge is -2.34. The second-order valence-electron chi connectivity index (χ2n) is 7.12. The maximum atomic E-state index is 12.6. The summed E-state index contributed by atoms with van der Waals surface area (Å²) in [5.41, 5.74) is 0.457. The smallest absolute Gasteiger partial charge is 0.276 e. The third kappa shape index (κ3) is 3.96. The molecule has 0 atom stereocenters. The Hall–Kier alpha value is -2.23. The van der Waals surface area contributed by atoms with Crippen LogP contribution in [0.3, 0.4) is 0 Å². The Morgan fingerprint density at radius 3 is 2.43 bits per heavy atom. The summed E-state index contributed by atoms with van der Waals surface area (Å²) in [5.74, 6) is 0.569. The molecule has 0 unspecified atom stereocenters. The van der Waals surface area contributed by atoms with Crippen molar-refractivity contribution in [3.63, 3.8) is 0 Å². The number of aromatic nitrogens is 1. The van der Waals surface area contributed by atoms with E-state index >= 15 is 0 Å². The molecule has 0 spiro atoms. The van der Waals surface area contributed by atoms with Gasteiger partial charge in [-0.2, -0.15) is 4.31 Å². The highest BCUT2D eigenvalue weighted by Crippen LogP contribution is 2.23. The minimum absolute atomic E-state index is 0.0216. The number of piperazine rings is 1. The van der Waals surface area contributed by atoms with Crippen molar-refractivity contribution in [2.24, 2.45) is 0 Å². The number of hydrogen-bond donors (Lipinski definition) is 0. The van der Waals surface area contributed by atoms with Crippen molar-refractivity contribution in [1.82, 2.24) is 19.1 Å². The number of pyridine rings is 1. The van der Waals surface area contributed by atoms with E-state index in [0.717, 1.165) is 12.8 Å². The van der Waals surface area contributed by atoms with Gasteiger partial charge in [0.15, 0.2) is 0 Å². The van der Waals surface area contributed by atoms with Crippen LogP contribution >= 0.6 is 0 Å². The van der Waals surface area contributed by atoms with Gasteiger partial charge in [0.05, 0.1) is 6.54 Å². The van der Waals surface area contributed by atoms with Gasteiger partial charge in [-0.1, -0.05) is 6.07 Å². The van der Waals surface area contributed by atoms with Crippen LogP contribution in [-0.2, 0) is 16.6 Å². The molecule has 2 aliphatic rings. The second kappa shape index (κ2) is 8.02. The second-order valence-corrected chi connectivity index (χ2v) is 8.98. The van der Waals surface area contributed by atoms with Gasteiger partial charge in [0.25, 0.3) is 15.9 Å². The summed E-state index contributed by atoms with van der Waals surface area (Å²) in [5, 5.41) is 0.0216. The first-order valence-corrected chi connectivity index (χ1v) is 11.0. The molecule has 8 nitrogen and oxygen atoms in total. The fourth-order valence-electron chi connectivity index (χ4n) is 3.62. The number of sulfonamides is 1. The van der Waals surface area contributed by atoms with E-state index in [1.807, 2.05) is 0 Å². The predicted molar refractivity (Wildman–Crippen MR) is 102 cm³/mol. The quantitative estimate of drug-likeness (QED) is 0.749.